The number of nitrogens with one attached hydrogen (secondary N) is 1. The molecule has 126 valence electrons. The van der Waals surface area contributed by atoms with E-state index in [9.17, 15) is 9.59 Å². The number of anilines is 1. The highest BCUT2D eigenvalue weighted by atomic mass is 35.5. The van der Waals surface area contributed by atoms with Crippen LogP contribution in [0.15, 0.2) is 54.6 Å². The van der Waals surface area contributed by atoms with Gasteiger partial charge in [-0.15, -0.1) is 0 Å². The topological polar surface area (TPSA) is 55.4 Å². The number of rotatable bonds is 6. The number of ether oxygens (including phenoxy) is 1. The van der Waals surface area contributed by atoms with E-state index >= 15 is 0 Å². The summed E-state index contributed by atoms with van der Waals surface area (Å²) in [6.45, 7) is 3.73. The molecule has 1 unspecified atom stereocenters. The van der Waals surface area contributed by atoms with Crippen LogP contribution in [0.4, 0.5) is 5.69 Å². The lowest BCUT2D eigenvalue weighted by Gasteiger charge is -2.29. The van der Waals surface area contributed by atoms with E-state index in [4.69, 9.17) is 16.3 Å². The number of amides is 1. The zero-order valence-corrected chi connectivity index (χ0v) is 14.5. The lowest BCUT2D eigenvalue weighted by molar-refractivity contribution is -0.153. The second-order valence-electron chi connectivity index (χ2n) is 5.31. The molecule has 2 aromatic rings. The number of carbonyl (C=O) groups excluding carboxylic acids is 2. The fourth-order valence-electron chi connectivity index (χ4n) is 2.60. The largest absolute Gasteiger partial charge is 0.465 e. The normalized spacial score (nSPS) is 13.0. The number of hydrogen-bond acceptors (Lipinski definition) is 3. The van der Waals surface area contributed by atoms with Crippen LogP contribution >= 0.6 is 11.6 Å². The van der Waals surface area contributed by atoms with Gasteiger partial charge >= 0.3 is 5.97 Å². The average Bonchev–Trinajstić information content (AvgIpc) is 2.59. The molecule has 1 atom stereocenters. The standard InChI is InChI=1S/C19H20ClNO3/c1-3-19(18(23)24-4-2,14-8-6-5-7-9-14)17(22)21-16-12-10-15(20)11-13-16/h5-13H,3-4H2,1-2H3,(H,21,22). The summed E-state index contributed by atoms with van der Waals surface area (Å²) < 4.78 is 5.21. The lowest BCUT2D eigenvalue weighted by atomic mass is 9.77. The zero-order valence-electron chi connectivity index (χ0n) is 13.7. The maximum atomic E-state index is 13.0. The molecule has 0 aliphatic rings. The predicted molar refractivity (Wildman–Crippen MR) is 95.1 cm³/mol. The fourth-order valence-corrected chi connectivity index (χ4v) is 2.72. The molecule has 4 nitrogen and oxygen atoms in total. The van der Waals surface area contributed by atoms with Gasteiger partial charge in [-0.05, 0) is 43.2 Å². The molecule has 0 aliphatic carbocycles. The maximum Gasteiger partial charge on any atom is 0.326 e. The van der Waals surface area contributed by atoms with E-state index in [1.54, 1.807) is 62.4 Å². The highest BCUT2D eigenvalue weighted by Gasteiger charge is 2.47. The average molecular weight is 346 g/mol. The summed E-state index contributed by atoms with van der Waals surface area (Å²) in [6.07, 6.45) is 0.287. The van der Waals surface area contributed by atoms with Crippen LogP contribution < -0.4 is 5.32 Å². The van der Waals surface area contributed by atoms with Crippen molar-refractivity contribution in [1.82, 2.24) is 0 Å². The van der Waals surface area contributed by atoms with Crippen molar-refractivity contribution in [3.8, 4) is 0 Å². The van der Waals surface area contributed by atoms with Crippen molar-refractivity contribution < 1.29 is 14.3 Å². The van der Waals surface area contributed by atoms with Crippen LogP contribution in [-0.2, 0) is 19.7 Å². The number of benzene rings is 2. The first-order valence-electron chi connectivity index (χ1n) is 7.84. The van der Waals surface area contributed by atoms with Crippen LogP contribution in [0.1, 0.15) is 25.8 Å². The molecule has 0 spiro atoms. The Kier molecular flexibility index (Phi) is 5.99. The number of carbonyl (C=O) groups is 2. The van der Waals surface area contributed by atoms with Gasteiger partial charge in [0.15, 0.2) is 5.41 Å². The van der Waals surface area contributed by atoms with E-state index in [0.29, 0.717) is 16.3 Å². The molecule has 1 N–H and O–H groups in total. The smallest absolute Gasteiger partial charge is 0.326 e. The Morgan fingerprint density at radius 3 is 2.21 bits per heavy atom. The maximum absolute atomic E-state index is 13.0. The molecule has 0 bridgehead atoms. The Labute approximate surface area is 146 Å². The van der Waals surface area contributed by atoms with Gasteiger partial charge in [0.2, 0.25) is 5.91 Å². The molecule has 0 aliphatic heterocycles. The first kappa shape index (κ1) is 18.0. The Morgan fingerprint density at radius 1 is 1.04 bits per heavy atom. The molecule has 1 amide bonds. The zero-order chi connectivity index (χ0) is 17.6. The summed E-state index contributed by atoms with van der Waals surface area (Å²) in [5.41, 5.74) is -0.212. The SMILES string of the molecule is CCOC(=O)C(CC)(C(=O)Nc1ccc(Cl)cc1)c1ccccc1. The van der Waals surface area contributed by atoms with Crippen molar-refractivity contribution in [1.29, 1.82) is 0 Å². The Bertz CT molecular complexity index is 700. The highest BCUT2D eigenvalue weighted by Crippen LogP contribution is 2.31. The van der Waals surface area contributed by atoms with E-state index < -0.39 is 17.3 Å². The van der Waals surface area contributed by atoms with E-state index in [0.717, 1.165) is 0 Å². The van der Waals surface area contributed by atoms with Crippen molar-refractivity contribution in [3.63, 3.8) is 0 Å². The monoisotopic (exact) mass is 345 g/mol. The van der Waals surface area contributed by atoms with Gasteiger partial charge in [-0.25, -0.2) is 0 Å². The van der Waals surface area contributed by atoms with Crippen LogP contribution in [0.5, 0.6) is 0 Å². The van der Waals surface area contributed by atoms with Gasteiger partial charge in [-0.1, -0.05) is 48.9 Å². The van der Waals surface area contributed by atoms with Gasteiger partial charge < -0.3 is 10.1 Å². The molecule has 0 radical (unpaired) electrons. The summed E-state index contributed by atoms with van der Waals surface area (Å²) in [5, 5.41) is 3.37. The summed E-state index contributed by atoms with van der Waals surface area (Å²) >= 11 is 5.87. The third-order valence-corrected chi connectivity index (χ3v) is 4.16. The van der Waals surface area contributed by atoms with E-state index in [-0.39, 0.29) is 13.0 Å². The summed E-state index contributed by atoms with van der Waals surface area (Å²) in [7, 11) is 0. The van der Waals surface area contributed by atoms with E-state index in [1.807, 2.05) is 6.07 Å². The Hall–Kier alpha value is -2.33. The van der Waals surface area contributed by atoms with E-state index in [2.05, 4.69) is 5.32 Å². The molecule has 2 aromatic carbocycles. The molecule has 0 saturated heterocycles. The third kappa shape index (κ3) is 3.60. The molecule has 0 fully saturated rings. The highest BCUT2D eigenvalue weighted by molar-refractivity contribution is 6.30. The quantitative estimate of drug-likeness (QED) is 0.631. The molecule has 0 heterocycles. The summed E-state index contributed by atoms with van der Waals surface area (Å²) in [6, 6.07) is 15.7. The minimum Gasteiger partial charge on any atom is -0.465 e. The van der Waals surface area contributed by atoms with Crippen LogP contribution in [-0.4, -0.2) is 18.5 Å². The Morgan fingerprint density at radius 2 is 1.67 bits per heavy atom. The molecule has 0 aromatic heterocycles. The molecule has 5 heteroatoms. The second kappa shape index (κ2) is 7.97. The van der Waals surface area contributed by atoms with Gasteiger partial charge in [0.1, 0.15) is 0 Å². The third-order valence-electron chi connectivity index (χ3n) is 3.91. The first-order chi connectivity index (χ1) is 11.5. The molecular formula is C19H20ClNO3. The molecular weight excluding hydrogens is 326 g/mol. The fraction of sp³-hybridized carbons (Fsp3) is 0.263. The van der Waals surface area contributed by atoms with Crippen LogP contribution in [0.3, 0.4) is 0 Å². The van der Waals surface area contributed by atoms with Crippen LogP contribution in [0.2, 0.25) is 5.02 Å². The van der Waals surface area contributed by atoms with Crippen molar-refractivity contribution in [3.05, 3.63) is 65.2 Å². The van der Waals surface area contributed by atoms with Crippen molar-refractivity contribution in [2.24, 2.45) is 0 Å². The van der Waals surface area contributed by atoms with Crippen molar-refractivity contribution in [2.45, 2.75) is 25.7 Å². The van der Waals surface area contributed by atoms with Gasteiger partial charge in [0, 0.05) is 10.7 Å². The van der Waals surface area contributed by atoms with Gasteiger partial charge in [0.25, 0.3) is 0 Å². The minimum atomic E-state index is -1.39. The van der Waals surface area contributed by atoms with E-state index in [1.165, 1.54) is 0 Å². The Balaban J connectivity index is 2.42. The van der Waals surface area contributed by atoms with Crippen LogP contribution in [0.25, 0.3) is 0 Å². The van der Waals surface area contributed by atoms with Gasteiger partial charge in [0.05, 0.1) is 6.61 Å². The number of hydrogen-bond donors (Lipinski definition) is 1. The number of esters is 1. The minimum absolute atomic E-state index is 0.210. The van der Waals surface area contributed by atoms with Gasteiger partial charge in [-0.3, -0.25) is 9.59 Å². The lowest BCUT2D eigenvalue weighted by Crippen LogP contribution is -2.47. The molecule has 2 rings (SSSR count). The summed E-state index contributed by atoms with van der Waals surface area (Å²) in [5.74, 6) is -0.970. The van der Waals surface area contributed by atoms with Crippen molar-refractivity contribution >= 4 is 29.2 Å². The molecule has 0 saturated carbocycles. The van der Waals surface area contributed by atoms with Crippen molar-refractivity contribution in [2.75, 3.05) is 11.9 Å². The molecule has 24 heavy (non-hydrogen) atoms. The predicted octanol–water partition coefficient (Wildman–Crippen LogP) is 4.19. The summed E-state index contributed by atoms with van der Waals surface area (Å²) in [4.78, 5) is 25.7. The van der Waals surface area contributed by atoms with Crippen LogP contribution in [0, 0.1) is 0 Å². The second-order valence-corrected chi connectivity index (χ2v) is 5.74. The number of halogens is 1. The van der Waals surface area contributed by atoms with Gasteiger partial charge in [-0.2, -0.15) is 0 Å². The first-order valence-corrected chi connectivity index (χ1v) is 8.22.